The maximum Gasteiger partial charge on any atom is 0.254 e. The molecule has 5 rings (SSSR count). The number of rotatable bonds is 2. The highest BCUT2D eigenvalue weighted by molar-refractivity contribution is 5.96. The van der Waals surface area contributed by atoms with Crippen molar-refractivity contribution in [2.24, 2.45) is 0 Å². The molecule has 5 heteroatoms. The maximum atomic E-state index is 13.2. The normalized spacial score (nSPS) is 22.4. The van der Waals surface area contributed by atoms with E-state index in [9.17, 15) is 4.79 Å². The number of fused-ring (bicyclic) bond motifs is 3. The lowest BCUT2D eigenvalue weighted by molar-refractivity contribution is 0.0691. The molecule has 28 heavy (non-hydrogen) atoms. The molecule has 3 aliphatic heterocycles. The molecule has 3 aliphatic rings. The standard InChI is InChI=1S/C23H20N2O3/c24-14-15-2-1-3-16(10-15)18-11-19-5-6-20(12-18)25(19)23(26)17-4-7-21-22(13-17)28-9-8-27-21/h1-4,7,10-11,13,19-20H,5-6,8-9,12H2. The van der Waals surface area contributed by atoms with Gasteiger partial charge in [-0.2, -0.15) is 5.26 Å². The molecule has 2 aromatic rings. The van der Waals surface area contributed by atoms with Crippen molar-refractivity contribution in [3.63, 3.8) is 0 Å². The fraction of sp³-hybridized carbons (Fsp3) is 0.304. The lowest BCUT2D eigenvalue weighted by Crippen LogP contribution is -2.43. The number of nitriles is 1. The van der Waals surface area contributed by atoms with Gasteiger partial charge in [0.15, 0.2) is 11.5 Å². The Bertz CT molecular complexity index is 1020. The van der Waals surface area contributed by atoms with Crippen LogP contribution in [0.5, 0.6) is 11.5 Å². The minimum atomic E-state index is 0.0468. The Labute approximate surface area is 163 Å². The molecule has 3 heterocycles. The van der Waals surface area contributed by atoms with Gasteiger partial charge >= 0.3 is 0 Å². The number of benzene rings is 2. The Morgan fingerprint density at radius 1 is 1.07 bits per heavy atom. The molecule has 140 valence electrons. The Morgan fingerprint density at radius 3 is 2.75 bits per heavy atom. The van der Waals surface area contributed by atoms with Crippen molar-refractivity contribution in [2.45, 2.75) is 31.3 Å². The zero-order chi connectivity index (χ0) is 19.1. The third kappa shape index (κ3) is 2.82. The van der Waals surface area contributed by atoms with Crippen molar-refractivity contribution in [3.05, 3.63) is 65.2 Å². The summed E-state index contributed by atoms with van der Waals surface area (Å²) in [6.07, 6.45) is 5.00. The summed E-state index contributed by atoms with van der Waals surface area (Å²) < 4.78 is 11.2. The highest BCUT2D eigenvalue weighted by Gasteiger charge is 2.40. The molecule has 0 aliphatic carbocycles. The molecule has 1 fully saturated rings. The minimum Gasteiger partial charge on any atom is -0.486 e. The highest BCUT2D eigenvalue weighted by atomic mass is 16.6. The van der Waals surface area contributed by atoms with Gasteiger partial charge in [-0.05, 0) is 60.7 Å². The maximum absolute atomic E-state index is 13.2. The SMILES string of the molecule is N#Cc1cccc(C2=CC3CCC(C2)N3C(=O)c2ccc3c(c2)OCCO3)c1. The monoisotopic (exact) mass is 372 g/mol. The van der Waals surface area contributed by atoms with Crippen LogP contribution < -0.4 is 9.47 Å². The van der Waals surface area contributed by atoms with Crippen LogP contribution in [-0.4, -0.2) is 36.1 Å². The smallest absolute Gasteiger partial charge is 0.254 e. The Balaban J connectivity index is 1.42. The number of carbonyl (C=O) groups is 1. The molecule has 2 unspecified atom stereocenters. The van der Waals surface area contributed by atoms with Crippen molar-refractivity contribution in [1.29, 1.82) is 5.26 Å². The van der Waals surface area contributed by atoms with Crippen LogP contribution >= 0.6 is 0 Å². The second-order valence-corrected chi connectivity index (χ2v) is 7.46. The van der Waals surface area contributed by atoms with Crippen molar-refractivity contribution in [3.8, 4) is 17.6 Å². The van der Waals surface area contributed by atoms with E-state index in [1.807, 2.05) is 41.3 Å². The molecule has 0 radical (unpaired) electrons. The zero-order valence-corrected chi connectivity index (χ0v) is 15.4. The topological polar surface area (TPSA) is 62.6 Å². The molecule has 0 aromatic heterocycles. The molecule has 2 bridgehead atoms. The summed E-state index contributed by atoms with van der Waals surface area (Å²) in [7, 11) is 0. The molecule has 1 amide bonds. The Morgan fingerprint density at radius 2 is 1.93 bits per heavy atom. The molecule has 2 atom stereocenters. The molecular formula is C23H20N2O3. The van der Waals surface area contributed by atoms with Crippen LogP contribution in [0, 0.1) is 11.3 Å². The van der Waals surface area contributed by atoms with Gasteiger partial charge in [-0.3, -0.25) is 4.79 Å². The van der Waals surface area contributed by atoms with E-state index in [0.29, 0.717) is 35.8 Å². The first kappa shape index (κ1) is 16.9. The van der Waals surface area contributed by atoms with E-state index in [-0.39, 0.29) is 18.0 Å². The molecule has 2 aromatic carbocycles. The Kier molecular flexibility index (Phi) is 4.05. The predicted octanol–water partition coefficient (Wildman–Crippen LogP) is 3.79. The van der Waals surface area contributed by atoms with Gasteiger partial charge < -0.3 is 14.4 Å². The molecule has 0 saturated carbocycles. The summed E-state index contributed by atoms with van der Waals surface area (Å²) >= 11 is 0. The molecule has 5 nitrogen and oxygen atoms in total. The van der Waals surface area contributed by atoms with Gasteiger partial charge in [0, 0.05) is 11.6 Å². The minimum absolute atomic E-state index is 0.0468. The van der Waals surface area contributed by atoms with E-state index in [2.05, 4.69) is 12.1 Å². The van der Waals surface area contributed by atoms with Crippen LogP contribution in [0.1, 0.15) is 40.7 Å². The van der Waals surface area contributed by atoms with E-state index >= 15 is 0 Å². The first-order valence-corrected chi connectivity index (χ1v) is 9.66. The van der Waals surface area contributed by atoms with Gasteiger partial charge in [0.05, 0.1) is 17.7 Å². The van der Waals surface area contributed by atoms with Crippen LogP contribution in [-0.2, 0) is 0 Å². The summed E-state index contributed by atoms with van der Waals surface area (Å²) in [5, 5.41) is 9.16. The fourth-order valence-corrected chi connectivity index (χ4v) is 4.47. The van der Waals surface area contributed by atoms with Crippen LogP contribution in [0.2, 0.25) is 0 Å². The summed E-state index contributed by atoms with van der Waals surface area (Å²) in [4.78, 5) is 15.3. The zero-order valence-electron chi connectivity index (χ0n) is 15.4. The third-order valence-electron chi connectivity index (χ3n) is 5.78. The lowest BCUT2D eigenvalue weighted by Gasteiger charge is -2.34. The Hall–Kier alpha value is -3.26. The number of ether oxygens (including phenoxy) is 2. The van der Waals surface area contributed by atoms with E-state index in [4.69, 9.17) is 14.7 Å². The third-order valence-corrected chi connectivity index (χ3v) is 5.78. The summed E-state index contributed by atoms with van der Waals surface area (Å²) in [5.41, 5.74) is 3.63. The van der Waals surface area contributed by atoms with E-state index in [0.717, 1.165) is 24.8 Å². The largest absolute Gasteiger partial charge is 0.486 e. The number of amides is 1. The van der Waals surface area contributed by atoms with E-state index in [1.54, 1.807) is 6.07 Å². The summed E-state index contributed by atoms with van der Waals surface area (Å²) in [6, 6.07) is 15.7. The van der Waals surface area contributed by atoms with E-state index < -0.39 is 0 Å². The first-order chi connectivity index (χ1) is 13.7. The van der Waals surface area contributed by atoms with Crippen molar-refractivity contribution in [1.82, 2.24) is 4.90 Å². The van der Waals surface area contributed by atoms with Gasteiger partial charge in [0.2, 0.25) is 0 Å². The van der Waals surface area contributed by atoms with Crippen molar-refractivity contribution < 1.29 is 14.3 Å². The first-order valence-electron chi connectivity index (χ1n) is 9.66. The second kappa shape index (κ2) is 6.72. The molecule has 1 saturated heterocycles. The van der Waals surface area contributed by atoms with Gasteiger partial charge in [-0.1, -0.05) is 18.2 Å². The van der Waals surface area contributed by atoms with Gasteiger partial charge in [0.25, 0.3) is 5.91 Å². The average molecular weight is 372 g/mol. The molecule has 0 spiro atoms. The lowest BCUT2D eigenvalue weighted by atomic mass is 9.93. The summed E-state index contributed by atoms with van der Waals surface area (Å²) in [6.45, 7) is 1.05. The van der Waals surface area contributed by atoms with Crippen LogP contribution in [0.4, 0.5) is 0 Å². The number of carbonyl (C=O) groups excluding carboxylic acids is 1. The van der Waals surface area contributed by atoms with Crippen LogP contribution in [0.3, 0.4) is 0 Å². The average Bonchev–Trinajstić information content (AvgIpc) is 3.01. The van der Waals surface area contributed by atoms with Crippen molar-refractivity contribution in [2.75, 3.05) is 13.2 Å². The number of hydrogen-bond donors (Lipinski definition) is 0. The quantitative estimate of drug-likeness (QED) is 0.805. The highest BCUT2D eigenvalue weighted by Crippen LogP contribution is 2.40. The molecular weight excluding hydrogens is 352 g/mol. The number of nitrogens with zero attached hydrogens (tertiary/aromatic N) is 2. The molecule has 0 N–H and O–H groups in total. The fourth-order valence-electron chi connectivity index (χ4n) is 4.47. The van der Waals surface area contributed by atoms with Gasteiger partial charge in [-0.15, -0.1) is 0 Å². The predicted molar refractivity (Wildman–Crippen MR) is 104 cm³/mol. The summed E-state index contributed by atoms with van der Waals surface area (Å²) in [5.74, 6) is 1.39. The second-order valence-electron chi connectivity index (χ2n) is 7.46. The van der Waals surface area contributed by atoms with Crippen molar-refractivity contribution >= 4 is 11.5 Å². The van der Waals surface area contributed by atoms with Crippen LogP contribution in [0.15, 0.2) is 48.5 Å². The van der Waals surface area contributed by atoms with Gasteiger partial charge in [-0.25, -0.2) is 0 Å². The van der Waals surface area contributed by atoms with E-state index in [1.165, 1.54) is 5.57 Å². The van der Waals surface area contributed by atoms with Crippen LogP contribution in [0.25, 0.3) is 5.57 Å². The van der Waals surface area contributed by atoms with Gasteiger partial charge in [0.1, 0.15) is 13.2 Å². The number of hydrogen-bond acceptors (Lipinski definition) is 4.